The Hall–Kier alpha value is -2.04. The number of amides is 1. The summed E-state index contributed by atoms with van der Waals surface area (Å²) in [5.74, 6) is 0.187. The highest BCUT2D eigenvalue weighted by molar-refractivity contribution is 6.35. The number of fused-ring (bicyclic) bond motifs is 1. The Bertz CT molecular complexity index is 851. The highest BCUT2D eigenvalue weighted by Crippen LogP contribution is 2.30. The number of pyridine rings is 1. The standard InChI is InChI=1S/C16H13Cl2N3O/c1-20(2)16(22)15-19-14(13-5-3-4-6-21(13)15)10-7-11(17)9-12(18)8-10/h3-9H,1-2H3. The van der Waals surface area contributed by atoms with E-state index in [2.05, 4.69) is 4.98 Å². The van der Waals surface area contributed by atoms with Crippen LogP contribution in [0.2, 0.25) is 10.0 Å². The van der Waals surface area contributed by atoms with Crippen molar-refractivity contribution in [2.24, 2.45) is 0 Å². The van der Waals surface area contributed by atoms with E-state index in [0.29, 0.717) is 21.6 Å². The number of halogens is 2. The lowest BCUT2D eigenvalue weighted by atomic mass is 10.1. The molecule has 0 aliphatic carbocycles. The molecule has 0 aliphatic heterocycles. The van der Waals surface area contributed by atoms with Crippen LogP contribution in [-0.4, -0.2) is 34.3 Å². The van der Waals surface area contributed by atoms with Crippen molar-refractivity contribution in [3.05, 3.63) is 58.5 Å². The summed E-state index contributed by atoms with van der Waals surface area (Å²) in [6, 6.07) is 10.9. The Morgan fingerprint density at radius 2 is 1.82 bits per heavy atom. The molecule has 112 valence electrons. The van der Waals surface area contributed by atoms with Crippen molar-refractivity contribution in [3.8, 4) is 11.3 Å². The van der Waals surface area contributed by atoms with Gasteiger partial charge in [0.15, 0.2) is 0 Å². The number of carbonyl (C=O) groups excluding carboxylic acids is 1. The monoisotopic (exact) mass is 333 g/mol. The zero-order valence-electron chi connectivity index (χ0n) is 12.0. The van der Waals surface area contributed by atoms with Gasteiger partial charge in [-0.1, -0.05) is 29.3 Å². The number of aromatic nitrogens is 2. The van der Waals surface area contributed by atoms with Gasteiger partial charge in [0.05, 0.1) is 11.2 Å². The van der Waals surface area contributed by atoms with Crippen molar-refractivity contribution in [3.63, 3.8) is 0 Å². The molecule has 3 aromatic rings. The SMILES string of the molecule is CN(C)C(=O)c1nc(-c2cc(Cl)cc(Cl)c2)c2ccccn12. The lowest BCUT2D eigenvalue weighted by Crippen LogP contribution is -2.24. The molecule has 1 aromatic carbocycles. The van der Waals surface area contributed by atoms with Crippen molar-refractivity contribution >= 4 is 34.6 Å². The van der Waals surface area contributed by atoms with Gasteiger partial charge in [-0.05, 0) is 30.3 Å². The first-order valence-electron chi connectivity index (χ1n) is 6.62. The molecule has 4 nitrogen and oxygen atoms in total. The molecule has 1 amide bonds. The second-order valence-corrected chi connectivity index (χ2v) is 5.97. The van der Waals surface area contributed by atoms with Crippen molar-refractivity contribution in [1.29, 1.82) is 0 Å². The third-order valence-corrected chi connectivity index (χ3v) is 3.72. The quantitative estimate of drug-likeness (QED) is 0.710. The molecule has 0 fully saturated rings. The third kappa shape index (κ3) is 2.56. The maximum absolute atomic E-state index is 12.3. The van der Waals surface area contributed by atoms with Crippen LogP contribution in [0, 0.1) is 0 Å². The van der Waals surface area contributed by atoms with Crippen LogP contribution in [0.4, 0.5) is 0 Å². The number of nitrogens with zero attached hydrogens (tertiary/aromatic N) is 3. The molecule has 0 atom stereocenters. The molecule has 0 aliphatic rings. The topological polar surface area (TPSA) is 37.6 Å². The van der Waals surface area contributed by atoms with Gasteiger partial charge in [-0.25, -0.2) is 4.98 Å². The largest absolute Gasteiger partial charge is 0.342 e. The van der Waals surface area contributed by atoms with Crippen LogP contribution < -0.4 is 0 Å². The Morgan fingerprint density at radius 1 is 1.14 bits per heavy atom. The van der Waals surface area contributed by atoms with Crippen LogP contribution >= 0.6 is 23.2 Å². The van der Waals surface area contributed by atoms with E-state index in [-0.39, 0.29) is 5.91 Å². The maximum Gasteiger partial charge on any atom is 0.289 e. The lowest BCUT2D eigenvalue weighted by molar-refractivity contribution is 0.0815. The second-order valence-electron chi connectivity index (χ2n) is 5.10. The van der Waals surface area contributed by atoms with E-state index in [0.717, 1.165) is 11.1 Å². The van der Waals surface area contributed by atoms with Gasteiger partial charge in [-0.3, -0.25) is 9.20 Å². The summed E-state index contributed by atoms with van der Waals surface area (Å²) in [4.78, 5) is 18.3. The minimum atomic E-state index is -0.166. The first kappa shape index (κ1) is 14.9. The van der Waals surface area contributed by atoms with Gasteiger partial charge in [-0.2, -0.15) is 0 Å². The normalized spacial score (nSPS) is 10.9. The van der Waals surface area contributed by atoms with E-state index in [1.807, 2.05) is 24.4 Å². The summed E-state index contributed by atoms with van der Waals surface area (Å²) in [5.41, 5.74) is 2.28. The first-order chi connectivity index (χ1) is 10.5. The minimum absolute atomic E-state index is 0.166. The molecule has 2 aromatic heterocycles. The molecular weight excluding hydrogens is 321 g/mol. The molecule has 6 heteroatoms. The van der Waals surface area contributed by atoms with Gasteiger partial charge >= 0.3 is 0 Å². The Morgan fingerprint density at radius 3 is 2.45 bits per heavy atom. The molecule has 22 heavy (non-hydrogen) atoms. The van der Waals surface area contributed by atoms with Crippen LogP contribution in [0.5, 0.6) is 0 Å². The summed E-state index contributed by atoms with van der Waals surface area (Å²) in [7, 11) is 3.39. The molecule has 0 saturated heterocycles. The van der Waals surface area contributed by atoms with E-state index < -0.39 is 0 Å². The summed E-state index contributed by atoms with van der Waals surface area (Å²) < 4.78 is 1.77. The molecule has 0 bridgehead atoms. The van der Waals surface area contributed by atoms with Gasteiger partial charge in [-0.15, -0.1) is 0 Å². The molecular formula is C16H13Cl2N3O. The van der Waals surface area contributed by atoms with Gasteiger partial charge in [0, 0.05) is 35.9 Å². The smallest absolute Gasteiger partial charge is 0.289 e. The molecule has 0 N–H and O–H groups in total. The van der Waals surface area contributed by atoms with Crippen molar-refractivity contribution in [2.45, 2.75) is 0 Å². The van der Waals surface area contributed by atoms with Crippen LogP contribution in [0.1, 0.15) is 10.6 Å². The van der Waals surface area contributed by atoms with E-state index in [4.69, 9.17) is 23.2 Å². The van der Waals surface area contributed by atoms with Crippen LogP contribution in [-0.2, 0) is 0 Å². The zero-order chi connectivity index (χ0) is 15.9. The number of hydrogen-bond donors (Lipinski definition) is 0. The zero-order valence-corrected chi connectivity index (χ0v) is 13.6. The molecule has 0 spiro atoms. The van der Waals surface area contributed by atoms with E-state index in [1.54, 1.807) is 36.7 Å². The van der Waals surface area contributed by atoms with Gasteiger partial charge < -0.3 is 4.90 Å². The van der Waals surface area contributed by atoms with Crippen LogP contribution in [0.15, 0.2) is 42.6 Å². The van der Waals surface area contributed by atoms with E-state index in [9.17, 15) is 4.79 Å². The van der Waals surface area contributed by atoms with Crippen LogP contribution in [0.3, 0.4) is 0 Å². The number of hydrogen-bond acceptors (Lipinski definition) is 2. The predicted octanol–water partition coefficient (Wildman–Crippen LogP) is 4.01. The average Bonchev–Trinajstić information content (AvgIpc) is 2.85. The second kappa shape index (κ2) is 5.63. The predicted molar refractivity (Wildman–Crippen MR) is 88.7 cm³/mol. The highest BCUT2D eigenvalue weighted by atomic mass is 35.5. The van der Waals surface area contributed by atoms with E-state index >= 15 is 0 Å². The maximum atomic E-state index is 12.3. The first-order valence-corrected chi connectivity index (χ1v) is 7.38. The minimum Gasteiger partial charge on any atom is -0.342 e. The van der Waals surface area contributed by atoms with Gasteiger partial charge in [0.1, 0.15) is 0 Å². The summed E-state index contributed by atoms with van der Waals surface area (Å²) in [5, 5.41) is 1.06. The molecule has 0 radical (unpaired) electrons. The molecule has 2 heterocycles. The van der Waals surface area contributed by atoms with Crippen molar-refractivity contribution < 1.29 is 4.79 Å². The van der Waals surface area contributed by atoms with Gasteiger partial charge in [0.25, 0.3) is 5.91 Å². The fraction of sp³-hybridized carbons (Fsp3) is 0.125. The van der Waals surface area contributed by atoms with Crippen molar-refractivity contribution in [2.75, 3.05) is 14.1 Å². The Balaban J connectivity index is 2.29. The summed E-state index contributed by atoms with van der Waals surface area (Å²) in [6.07, 6.45) is 1.81. The number of imidazole rings is 1. The number of carbonyl (C=O) groups is 1. The highest BCUT2D eigenvalue weighted by Gasteiger charge is 2.19. The number of rotatable bonds is 2. The van der Waals surface area contributed by atoms with Gasteiger partial charge in [0.2, 0.25) is 5.82 Å². The van der Waals surface area contributed by atoms with Crippen LogP contribution in [0.25, 0.3) is 16.8 Å². The fourth-order valence-corrected chi connectivity index (χ4v) is 2.82. The third-order valence-electron chi connectivity index (χ3n) is 3.28. The van der Waals surface area contributed by atoms with E-state index in [1.165, 1.54) is 4.90 Å². The van der Waals surface area contributed by atoms with Crippen molar-refractivity contribution in [1.82, 2.24) is 14.3 Å². The molecule has 0 saturated carbocycles. The Labute approximate surface area is 137 Å². The lowest BCUT2D eigenvalue weighted by Gasteiger charge is -2.08. The summed E-state index contributed by atoms with van der Waals surface area (Å²) in [6.45, 7) is 0. The Kier molecular flexibility index (Phi) is 3.81. The number of benzene rings is 1. The molecule has 3 rings (SSSR count). The fourth-order valence-electron chi connectivity index (χ4n) is 2.29. The molecule has 0 unspecified atom stereocenters. The average molecular weight is 334 g/mol. The summed E-state index contributed by atoms with van der Waals surface area (Å²) >= 11 is 12.2.